The van der Waals surface area contributed by atoms with E-state index in [1.807, 2.05) is 30.3 Å². The third kappa shape index (κ3) is 5.17. The van der Waals surface area contributed by atoms with Gasteiger partial charge in [0.2, 0.25) is 11.8 Å². The monoisotopic (exact) mass is 540 g/mol. The first-order valence-corrected chi connectivity index (χ1v) is 14.6. The smallest absolute Gasteiger partial charge is 0.310 e. The van der Waals surface area contributed by atoms with Crippen LogP contribution < -0.4 is 0 Å². The summed E-state index contributed by atoms with van der Waals surface area (Å²) in [7, 11) is 0. The largest absolute Gasteiger partial charge is 0.465 e. The molecule has 8 heteroatoms. The van der Waals surface area contributed by atoms with E-state index >= 15 is 0 Å². The summed E-state index contributed by atoms with van der Waals surface area (Å²) in [6.07, 6.45) is 7.60. The number of esters is 1. The zero-order chi connectivity index (χ0) is 27.3. The summed E-state index contributed by atoms with van der Waals surface area (Å²) >= 11 is 1.62. The Labute approximate surface area is 230 Å². The van der Waals surface area contributed by atoms with Crippen LogP contribution in [0, 0.1) is 11.8 Å². The standard InChI is InChI=1S/C30H40N2O5S/c1-4-7-17-31(16-6-3)28(35)26-30-15-14-23(38-30)24(29(36)37-18-8-5-2)25(30)27(34)32(26)22(20-33)19-21-12-10-9-11-13-21/h5-6,9-13,22-26,33H,2-4,7-8,14-20H2,1H3/t22-,23-,24+,25+,26?,30?/m1/s1. The minimum Gasteiger partial charge on any atom is -0.465 e. The molecule has 1 spiro atoms. The molecule has 2 bridgehead atoms. The summed E-state index contributed by atoms with van der Waals surface area (Å²) in [5, 5.41) is 10.5. The third-order valence-corrected chi connectivity index (χ3v) is 10.1. The van der Waals surface area contributed by atoms with E-state index in [4.69, 9.17) is 4.74 Å². The molecule has 3 heterocycles. The SMILES string of the molecule is C=CCCOC(=O)[C@@H]1[C@H]2C(=O)N([C@@H](CO)Cc3ccccc3)C(C(=O)N(CC=C)CCCC)C23CC[C@H]1S3. The Hall–Kier alpha value is -2.58. The molecule has 4 rings (SSSR count). The highest BCUT2D eigenvalue weighted by Crippen LogP contribution is 2.67. The Kier molecular flexibility index (Phi) is 9.36. The molecule has 1 N–H and O–H groups in total. The van der Waals surface area contributed by atoms with Crippen molar-refractivity contribution in [3.63, 3.8) is 0 Å². The van der Waals surface area contributed by atoms with Crippen LogP contribution >= 0.6 is 11.8 Å². The first-order chi connectivity index (χ1) is 18.4. The molecule has 0 aromatic heterocycles. The maximum absolute atomic E-state index is 14.3. The number of ether oxygens (including phenoxy) is 1. The van der Waals surface area contributed by atoms with Gasteiger partial charge in [0.25, 0.3) is 0 Å². The van der Waals surface area contributed by atoms with E-state index in [0.717, 1.165) is 24.8 Å². The number of unbranched alkanes of at least 4 members (excludes halogenated alkanes) is 1. The molecule has 3 aliphatic heterocycles. The number of hydrogen-bond donors (Lipinski definition) is 1. The highest BCUT2D eigenvalue weighted by Gasteiger charge is 2.74. The minimum atomic E-state index is -0.751. The van der Waals surface area contributed by atoms with Crippen LogP contribution in [0.2, 0.25) is 0 Å². The molecule has 2 amide bonds. The zero-order valence-corrected chi connectivity index (χ0v) is 23.1. The summed E-state index contributed by atoms with van der Waals surface area (Å²) in [6, 6.07) is 8.37. The van der Waals surface area contributed by atoms with Gasteiger partial charge >= 0.3 is 5.97 Å². The number of carbonyl (C=O) groups is 3. The Morgan fingerprint density at radius 1 is 1.29 bits per heavy atom. The van der Waals surface area contributed by atoms with Crippen LogP contribution in [0.15, 0.2) is 55.6 Å². The molecule has 6 atom stereocenters. The normalized spacial score (nSPS) is 28.2. The first kappa shape index (κ1) is 28.4. The van der Waals surface area contributed by atoms with Crippen LogP contribution in [0.3, 0.4) is 0 Å². The van der Waals surface area contributed by atoms with E-state index in [2.05, 4.69) is 20.1 Å². The molecule has 0 saturated carbocycles. The first-order valence-electron chi connectivity index (χ1n) is 13.7. The third-order valence-electron chi connectivity index (χ3n) is 8.17. The van der Waals surface area contributed by atoms with Gasteiger partial charge in [-0.15, -0.1) is 24.9 Å². The van der Waals surface area contributed by atoms with E-state index in [0.29, 0.717) is 32.4 Å². The van der Waals surface area contributed by atoms with E-state index < -0.39 is 28.7 Å². The molecule has 3 fully saturated rings. The number of amides is 2. The molecule has 1 aromatic carbocycles. The van der Waals surface area contributed by atoms with Crippen molar-refractivity contribution in [3.05, 3.63) is 61.2 Å². The molecule has 3 saturated heterocycles. The molecule has 38 heavy (non-hydrogen) atoms. The average molecular weight is 541 g/mol. The lowest BCUT2D eigenvalue weighted by molar-refractivity contribution is -0.154. The van der Waals surface area contributed by atoms with Gasteiger partial charge in [-0.25, -0.2) is 0 Å². The topological polar surface area (TPSA) is 87.1 Å². The summed E-state index contributed by atoms with van der Waals surface area (Å²) < 4.78 is 4.86. The van der Waals surface area contributed by atoms with Crippen LogP contribution in [-0.2, 0) is 25.5 Å². The highest BCUT2D eigenvalue weighted by atomic mass is 32.2. The van der Waals surface area contributed by atoms with Crippen molar-refractivity contribution in [3.8, 4) is 0 Å². The molecule has 3 aliphatic rings. The molecule has 0 aliphatic carbocycles. The quantitative estimate of drug-likeness (QED) is 0.220. The fraction of sp³-hybridized carbons (Fsp3) is 0.567. The fourth-order valence-electron chi connectivity index (χ4n) is 6.48. The molecule has 0 radical (unpaired) electrons. The summed E-state index contributed by atoms with van der Waals surface area (Å²) in [5.74, 6) is -1.93. The maximum Gasteiger partial charge on any atom is 0.310 e. The Morgan fingerprint density at radius 2 is 2.05 bits per heavy atom. The highest BCUT2D eigenvalue weighted by molar-refractivity contribution is 8.02. The van der Waals surface area contributed by atoms with Gasteiger partial charge < -0.3 is 19.6 Å². The van der Waals surface area contributed by atoms with Crippen LogP contribution in [0.25, 0.3) is 0 Å². The number of carbonyl (C=O) groups excluding carboxylic acids is 3. The van der Waals surface area contributed by atoms with Gasteiger partial charge in [-0.3, -0.25) is 14.4 Å². The second-order valence-electron chi connectivity index (χ2n) is 10.5. The number of nitrogens with zero attached hydrogens (tertiary/aromatic N) is 2. The van der Waals surface area contributed by atoms with Gasteiger partial charge in [-0.1, -0.05) is 55.8 Å². The van der Waals surface area contributed by atoms with Crippen molar-refractivity contribution in [2.75, 3.05) is 26.3 Å². The molecular formula is C30H40N2O5S. The summed E-state index contributed by atoms with van der Waals surface area (Å²) in [5.41, 5.74) is 0.978. The lowest BCUT2D eigenvalue weighted by atomic mass is 9.71. The molecule has 206 valence electrons. The summed E-state index contributed by atoms with van der Waals surface area (Å²) in [4.78, 5) is 45.4. The fourth-order valence-corrected chi connectivity index (χ4v) is 8.66. The zero-order valence-electron chi connectivity index (χ0n) is 22.3. The lowest BCUT2D eigenvalue weighted by Crippen LogP contribution is -2.58. The predicted octanol–water partition coefficient (Wildman–Crippen LogP) is 3.62. The molecule has 7 nitrogen and oxygen atoms in total. The van der Waals surface area contributed by atoms with Crippen molar-refractivity contribution in [1.82, 2.24) is 9.80 Å². The van der Waals surface area contributed by atoms with E-state index in [9.17, 15) is 19.5 Å². The number of benzene rings is 1. The van der Waals surface area contributed by atoms with Gasteiger partial charge in [-0.2, -0.15) is 0 Å². The van der Waals surface area contributed by atoms with Gasteiger partial charge in [0, 0.05) is 18.3 Å². The predicted molar refractivity (Wildman–Crippen MR) is 149 cm³/mol. The summed E-state index contributed by atoms with van der Waals surface area (Å²) in [6.45, 7) is 10.5. The van der Waals surface area contributed by atoms with Gasteiger partial charge in [0.05, 0.1) is 35.8 Å². The van der Waals surface area contributed by atoms with Gasteiger partial charge in [0.1, 0.15) is 6.04 Å². The van der Waals surface area contributed by atoms with Crippen molar-refractivity contribution in [1.29, 1.82) is 0 Å². The van der Waals surface area contributed by atoms with Crippen LogP contribution in [-0.4, -0.2) is 81.1 Å². The number of rotatable bonds is 14. The lowest BCUT2D eigenvalue weighted by Gasteiger charge is -2.39. The average Bonchev–Trinajstić information content (AvgIpc) is 3.57. The maximum atomic E-state index is 14.3. The second-order valence-corrected chi connectivity index (χ2v) is 12.1. The number of hydrogen-bond acceptors (Lipinski definition) is 6. The molecule has 1 aromatic rings. The van der Waals surface area contributed by atoms with E-state index in [1.54, 1.807) is 33.7 Å². The van der Waals surface area contributed by atoms with Crippen molar-refractivity contribution in [2.45, 2.75) is 67.5 Å². The van der Waals surface area contributed by atoms with E-state index in [-0.39, 0.29) is 36.2 Å². The Balaban J connectivity index is 1.73. The number of aliphatic hydroxyl groups excluding tert-OH is 1. The van der Waals surface area contributed by atoms with Crippen molar-refractivity contribution >= 4 is 29.5 Å². The minimum absolute atomic E-state index is 0.0529. The number of aliphatic hydroxyl groups is 1. The Morgan fingerprint density at radius 3 is 2.71 bits per heavy atom. The van der Waals surface area contributed by atoms with Crippen molar-refractivity contribution in [2.24, 2.45) is 11.8 Å². The number of thioether (sulfide) groups is 1. The van der Waals surface area contributed by atoms with E-state index in [1.165, 1.54) is 0 Å². The molecule has 2 unspecified atom stereocenters. The van der Waals surface area contributed by atoms with Gasteiger partial charge in [-0.05, 0) is 37.7 Å². The van der Waals surface area contributed by atoms with Crippen LogP contribution in [0.4, 0.5) is 0 Å². The Bertz CT molecular complexity index is 1030. The van der Waals surface area contributed by atoms with Crippen LogP contribution in [0.5, 0.6) is 0 Å². The number of likely N-dealkylation sites (tertiary alicyclic amines) is 1. The van der Waals surface area contributed by atoms with Crippen LogP contribution in [0.1, 0.15) is 44.6 Å². The second kappa shape index (κ2) is 12.5. The van der Waals surface area contributed by atoms with Crippen molar-refractivity contribution < 1.29 is 24.2 Å². The number of fused-ring (bicyclic) bond motifs is 1. The van der Waals surface area contributed by atoms with Gasteiger partial charge in [0.15, 0.2) is 0 Å². The molecular weight excluding hydrogens is 500 g/mol.